The van der Waals surface area contributed by atoms with E-state index in [-0.39, 0.29) is 65.0 Å². The van der Waals surface area contributed by atoms with Crippen molar-refractivity contribution < 1.29 is 42.1 Å². The molecule has 1 saturated heterocycles. The molecule has 1 aromatic carbocycles. The van der Waals surface area contributed by atoms with Crippen LogP contribution >= 0.6 is 0 Å². The second kappa shape index (κ2) is 16.3. The van der Waals surface area contributed by atoms with Gasteiger partial charge < -0.3 is 28.7 Å². The Labute approximate surface area is 335 Å². The summed E-state index contributed by atoms with van der Waals surface area (Å²) in [6.45, 7) is 17.6. The number of rotatable bonds is 6. The Kier molecular flexibility index (Phi) is 11.8. The third-order valence-corrected chi connectivity index (χ3v) is 9.82. The molecule has 2 bridgehead atoms. The van der Waals surface area contributed by atoms with E-state index in [0.717, 1.165) is 12.1 Å². The van der Waals surface area contributed by atoms with Gasteiger partial charge >= 0.3 is 23.7 Å². The van der Waals surface area contributed by atoms with Gasteiger partial charge in [-0.3, -0.25) is 14.6 Å². The summed E-state index contributed by atoms with van der Waals surface area (Å²) in [6.07, 6.45) is -1.76. The molecule has 2 aliphatic rings. The van der Waals surface area contributed by atoms with Crippen molar-refractivity contribution in [3.8, 4) is 22.7 Å². The zero-order chi connectivity index (χ0) is 42.4. The Morgan fingerprint density at radius 3 is 2.26 bits per heavy atom. The number of hydrogen-bond acceptors (Lipinski definition) is 12. The van der Waals surface area contributed by atoms with Crippen LogP contribution in [0.15, 0.2) is 41.3 Å². The second-order valence-corrected chi connectivity index (χ2v) is 16.6. The van der Waals surface area contributed by atoms with Gasteiger partial charge in [0.1, 0.15) is 35.3 Å². The van der Waals surface area contributed by atoms with Crippen LogP contribution in [0.25, 0.3) is 28.0 Å². The number of esters is 2. The Morgan fingerprint density at radius 2 is 1.62 bits per heavy atom. The fraction of sp³-hybridized carbons (Fsp3) is 0.500. The quantitative estimate of drug-likeness (QED) is 0.147. The highest BCUT2D eigenvalue weighted by Gasteiger charge is 2.39. The Hall–Kier alpha value is -5.67. The molecule has 3 atom stereocenters. The number of ether oxygens (including phenoxy) is 4. The van der Waals surface area contributed by atoms with Gasteiger partial charge in [0.25, 0.3) is 0 Å². The molecule has 16 heteroatoms. The van der Waals surface area contributed by atoms with Gasteiger partial charge in [-0.05, 0) is 57.9 Å². The molecule has 0 N–H and O–H groups in total. The van der Waals surface area contributed by atoms with Crippen molar-refractivity contribution in [2.45, 2.75) is 99.0 Å². The number of pyridine rings is 2. The third kappa shape index (κ3) is 8.32. The largest absolute Gasteiger partial charge is 0.489 e. The number of piperazine rings is 1. The molecule has 0 radical (unpaired) electrons. The maximum Gasteiger partial charge on any atom is 0.410 e. The molecule has 58 heavy (non-hydrogen) atoms. The van der Waals surface area contributed by atoms with Gasteiger partial charge in [0.05, 0.1) is 34.2 Å². The zero-order valence-corrected chi connectivity index (χ0v) is 34.5. The van der Waals surface area contributed by atoms with Crippen molar-refractivity contribution in [3.05, 3.63) is 69.9 Å². The van der Waals surface area contributed by atoms with Crippen LogP contribution in [-0.4, -0.2) is 86.4 Å². The predicted molar refractivity (Wildman–Crippen MR) is 211 cm³/mol. The van der Waals surface area contributed by atoms with Gasteiger partial charge in [0.2, 0.25) is 0 Å². The highest BCUT2D eigenvalue weighted by Crippen LogP contribution is 2.41. The summed E-state index contributed by atoms with van der Waals surface area (Å²) in [7, 11) is 0. The molecule has 5 heterocycles. The number of benzene rings is 1. The molecule has 0 saturated carbocycles. The topological polar surface area (TPSA) is 155 Å². The number of amides is 1. The van der Waals surface area contributed by atoms with Crippen LogP contribution in [0.2, 0.25) is 0 Å². The van der Waals surface area contributed by atoms with E-state index in [1.54, 1.807) is 64.3 Å². The van der Waals surface area contributed by atoms with Gasteiger partial charge in [0, 0.05) is 37.4 Å². The van der Waals surface area contributed by atoms with Crippen molar-refractivity contribution in [3.63, 3.8) is 0 Å². The predicted octanol–water partition coefficient (Wildman–Crippen LogP) is 6.89. The van der Waals surface area contributed by atoms with Gasteiger partial charge in [-0.1, -0.05) is 47.6 Å². The molecule has 1 amide bonds. The van der Waals surface area contributed by atoms with Crippen LogP contribution in [0.1, 0.15) is 92.5 Å². The summed E-state index contributed by atoms with van der Waals surface area (Å²) >= 11 is 0. The number of carbonyl (C=O) groups excluding carboxylic acids is 3. The Morgan fingerprint density at radius 1 is 0.931 bits per heavy atom. The summed E-state index contributed by atoms with van der Waals surface area (Å²) in [5.74, 6) is -4.74. The van der Waals surface area contributed by atoms with Crippen LogP contribution in [0.4, 0.5) is 19.4 Å². The maximum atomic E-state index is 16.7. The first-order valence-corrected chi connectivity index (χ1v) is 19.5. The minimum absolute atomic E-state index is 0.0886. The van der Waals surface area contributed by atoms with Crippen LogP contribution < -0.4 is 15.3 Å². The second-order valence-electron chi connectivity index (χ2n) is 16.6. The Balaban J connectivity index is 1.68. The molecule has 2 aliphatic heterocycles. The minimum Gasteiger partial charge on any atom is -0.489 e. The van der Waals surface area contributed by atoms with Gasteiger partial charge in [0.15, 0.2) is 23.7 Å². The van der Waals surface area contributed by atoms with Crippen molar-refractivity contribution in [1.82, 2.24) is 24.4 Å². The summed E-state index contributed by atoms with van der Waals surface area (Å²) in [5, 5.41) is 0.0947. The van der Waals surface area contributed by atoms with Crippen molar-refractivity contribution in [1.29, 1.82) is 0 Å². The molecule has 1 fully saturated rings. The first-order chi connectivity index (χ1) is 27.3. The average molecular weight is 805 g/mol. The molecule has 4 aromatic rings. The lowest BCUT2D eigenvalue weighted by molar-refractivity contribution is -0.175. The SMILES string of the molecule is CC(C)C(=O)OC1COc2cccc(F)c2-c2nc3c(cc2F)c(N2CCN(C(=O)OC(C)(C)C)C[C@@H]2C)nc(=O)n3-c2c(ccnc2C(C)C)C1OC(=O)C(C)C. The minimum atomic E-state index is -1.40. The number of aromatic nitrogens is 4. The lowest BCUT2D eigenvalue weighted by Gasteiger charge is -2.41. The first kappa shape index (κ1) is 41.9. The summed E-state index contributed by atoms with van der Waals surface area (Å²) < 4.78 is 57.8. The fourth-order valence-electron chi connectivity index (χ4n) is 6.94. The molecule has 310 valence electrons. The van der Waals surface area contributed by atoms with Gasteiger partial charge in [-0.25, -0.2) is 27.9 Å². The molecule has 0 aliphatic carbocycles. The van der Waals surface area contributed by atoms with Gasteiger partial charge in [-0.2, -0.15) is 4.98 Å². The van der Waals surface area contributed by atoms with Crippen molar-refractivity contribution in [2.75, 3.05) is 31.1 Å². The number of carbonyl (C=O) groups is 3. The van der Waals surface area contributed by atoms with E-state index in [0.29, 0.717) is 5.69 Å². The van der Waals surface area contributed by atoms with E-state index in [1.807, 2.05) is 20.8 Å². The highest BCUT2D eigenvalue weighted by atomic mass is 19.1. The van der Waals surface area contributed by atoms with Crippen molar-refractivity contribution in [2.24, 2.45) is 11.8 Å². The van der Waals surface area contributed by atoms with Crippen LogP contribution in [-0.2, 0) is 23.8 Å². The van der Waals surface area contributed by atoms with E-state index < -0.39 is 83.3 Å². The molecule has 0 spiro atoms. The first-order valence-electron chi connectivity index (χ1n) is 19.5. The zero-order valence-electron chi connectivity index (χ0n) is 34.5. The lowest BCUT2D eigenvalue weighted by atomic mass is 9.97. The highest BCUT2D eigenvalue weighted by molar-refractivity contribution is 5.91. The Bertz CT molecular complexity index is 2310. The fourth-order valence-corrected chi connectivity index (χ4v) is 6.94. The third-order valence-electron chi connectivity index (χ3n) is 9.82. The lowest BCUT2D eigenvalue weighted by Crippen LogP contribution is -2.55. The summed E-state index contributed by atoms with van der Waals surface area (Å²) in [4.78, 5) is 71.9. The van der Waals surface area contributed by atoms with Crippen LogP contribution in [0.5, 0.6) is 5.75 Å². The van der Waals surface area contributed by atoms with E-state index in [2.05, 4.69) is 9.97 Å². The molecule has 2 unspecified atom stereocenters. The van der Waals surface area contributed by atoms with Crippen LogP contribution in [0.3, 0.4) is 0 Å². The van der Waals surface area contributed by atoms with Gasteiger partial charge in [-0.15, -0.1) is 0 Å². The normalized spacial score (nSPS) is 18.4. The summed E-state index contributed by atoms with van der Waals surface area (Å²) in [6, 6.07) is 6.18. The average Bonchev–Trinajstić information content (AvgIpc) is 3.14. The molecule has 14 nitrogen and oxygen atoms in total. The number of anilines is 1. The van der Waals surface area contributed by atoms with E-state index >= 15 is 8.78 Å². The van der Waals surface area contributed by atoms with E-state index in [4.69, 9.17) is 23.9 Å². The number of halogens is 2. The number of nitrogens with zero attached hydrogens (tertiary/aromatic N) is 6. The van der Waals surface area contributed by atoms with Crippen molar-refractivity contribution >= 4 is 34.9 Å². The van der Waals surface area contributed by atoms with Crippen LogP contribution in [0, 0.1) is 23.5 Å². The number of fused-ring (bicyclic) bond motifs is 5. The van der Waals surface area contributed by atoms with E-state index in [9.17, 15) is 19.2 Å². The standard InChI is InChI=1S/C42H50F2N6O8/c1-21(2)32-34-25(14-15-45-32)35(57-39(52)23(5)6)30(56-38(51)22(3)4)20-55-29-13-11-12-27(43)31(29)33-28(44)18-26-36(47-40(53)50(34)37(26)46-33)49-17-16-48(19-24(49)7)41(54)58-42(8,9)10/h11-15,18,21-24,30,35H,16-17,19-20H2,1-10H3/t24-,30?,35?/m0/s1. The van der Waals surface area contributed by atoms with E-state index in [1.165, 1.54) is 22.9 Å². The monoisotopic (exact) mass is 804 g/mol. The maximum absolute atomic E-state index is 16.7. The molecular formula is C42H50F2N6O8. The smallest absolute Gasteiger partial charge is 0.410 e. The molecular weight excluding hydrogens is 754 g/mol. The number of hydrogen-bond donors (Lipinski definition) is 0. The molecule has 3 aromatic heterocycles. The molecule has 6 rings (SSSR count). The summed E-state index contributed by atoms with van der Waals surface area (Å²) in [5.41, 5.74) is -1.80.